The third kappa shape index (κ3) is 3.79. The number of halogens is 3. The first kappa shape index (κ1) is 17.8. The first-order valence-electron chi connectivity index (χ1n) is 7.85. The fraction of sp³-hybridized carbons (Fsp3) is 0.222. The summed E-state index contributed by atoms with van der Waals surface area (Å²) in [4.78, 5) is 25.8. The van der Waals surface area contributed by atoms with Crippen LogP contribution in [0.15, 0.2) is 48.5 Å². The molecule has 0 aromatic heterocycles. The van der Waals surface area contributed by atoms with E-state index in [2.05, 4.69) is 10.1 Å². The summed E-state index contributed by atoms with van der Waals surface area (Å²) in [6.07, 6.45) is -0.0992. The molecule has 3 rings (SSSR count). The van der Waals surface area contributed by atoms with Crippen molar-refractivity contribution in [1.29, 1.82) is 0 Å². The molecule has 0 unspecified atom stereocenters. The maximum atomic E-state index is 13.9. The van der Waals surface area contributed by atoms with E-state index < -0.39 is 24.3 Å². The Morgan fingerprint density at radius 3 is 2.58 bits per heavy atom. The molecule has 0 aliphatic carbocycles. The molecule has 1 heterocycles. The molecule has 1 aliphatic rings. The lowest BCUT2D eigenvalue weighted by Gasteiger charge is -2.17. The van der Waals surface area contributed by atoms with Crippen molar-refractivity contribution in [1.82, 2.24) is 0 Å². The maximum Gasteiger partial charge on any atom is 0.387 e. The van der Waals surface area contributed by atoms with E-state index >= 15 is 0 Å². The minimum atomic E-state index is -3.03. The lowest BCUT2D eigenvalue weighted by molar-refractivity contribution is -0.122. The molecule has 2 aromatic carbocycles. The molecule has 0 radical (unpaired) electrons. The van der Waals surface area contributed by atoms with Crippen LogP contribution in [0.5, 0.6) is 5.75 Å². The van der Waals surface area contributed by atoms with Gasteiger partial charge in [0, 0.05) is 13.0 Å². The summed E-state index contributed by atoms with van der Waals surface area (Å²) in [5.41, 5.74) is 0.184. The van der Waals surface area contributed by atoms with E-state index in [0.717, 1.165) is 0 Å². The summed E-state index contributed by atoms with van der Waals surface area (Å²) in [7, 11) is 0. The lowest BCUT2D eigenvalue weighted by Crippen LogP contribution is -2.28. The van der Waals surface area contributed by atoms with Crippen LogP contribution in [0.3, 0.4) is 0 Å². The molecule has 1 atom stereocenters. The number of carbonyl (C=O) groups is 2. The molecule has 1 fully saturated rings. The Hall–Kier alpha value is -3.03. The van der Waals surface area contributed by atoms with Gasteiger partial charge >= 0.3 is 6.61 Å². The van der Waals surface area contributed by atoms with Crippen LogP contribution in [0.2, 0.25) is 0 Å². The van der Waals surface area contributed by atoms with E-state index in [1.54, 1.807) is 12.1 Å². The number of alkyl halides is 2. The number of nitrogens with zero attached hydrogens (tertiary/aromatic N) is 1. The van der Waals surface area contributed by atoms with E-state index in [0.29, 0.717) is 0 Å². The zero-order valence-corrected chi connectivity index (χ0v) is 13.5. The Morgan fingerprint density at radius 1 is 1.15 bits per heavy atom. The predicted molar refractivity (Wildman–Crippen MR) is 88.6 cm³/mol. The van der Waals surface area contributed by atoms with Gasteiger partial charge in [0.05, 0.1) is 17.3 Å². The van der Waals surface area contributed by atoms with Crippen LogP contribution in [0.25, 0.3) is 0 Å². The van der Waals surface area contributed by atoms with Gasteiger partial charge in [-0.15, -0.1) is 0 Å². The second-order valence-corrected chi connectivity index (χ2v) is 5.72. The first-order valence-corrected chi connectivity index (χ1v) is 7.85. The molecule has 0 saturated carbocycles. The van der Waals surface area contributed by atoms with Crippen molar-refractivity contribution < 1.29 is 27.5 Å². The molecule has 136 valence electrons. The van der Waals surface area contributed by atoms with Gasteiger partial charge in [-0.2, -0.15) is 8.78 Å². The van der Waals surface area contributed by atoms with Crippen molar-refractivity contribution in [3.63, 3.8) is 0 Å². The third-order valence-electron chi connectivity index (χ3n) is 4.00. The zero-order valence-electron chi connectivity index (χ0n) is 13.5. The summed E-state index contributed by atoms with van der Waals surface area (Å²) in [6, 6.07) is 11.5. The van der Waals surface area contributed by atoms with E-state index in [-0.39, 0.29) is 36.0 Å². The van der Waals surface area contributed by atoms with Crippen molar-refractivity contribution >= 4 is 23.2 Å². The van der Waals surface area contributed by atoms with Crippen molar-refractivity contribution in [3.8, 4) is 5.75 Å². The summed E-state index contributed by atoms with van der Waals surface area (Å²) in [5.74, 6) is -2.37. The molecule has 0 spiro atoms. The van der Waals surface area contributed by atoms with Gasteiger partial charge in [-0.25, -0.2) is 4.39 Å². The van der Waals surface area contributed by atoms with E-state index in [9.17, 15) is 22.8 Å². The number of hydrogen-bond acceptors (Lipinski definition) is 3. The molecule has 8 heteroatoms. The molecular weight excluding hydrogens is 349 g/mol. The number of hydrogen-bond donors (Lipinski definition) is 1. The second-order valence-electron chi connectivity index (χ2n) is 5.72. The molecule has 26 heavy (non-hydrogen) atoms. The Bertz CT molecular complexity index is 829. The quantitative estimate of drug-likeness (QED) is 0.885. The smallest absolute Gasteiger partial charge is 0.387 e. The molecule has 5 nitrogen and oxygen atoms in total. The minimum Gasteiger partial charge on any atom is -0.433 e. The van der Waals surface area contributed by atoms with Crippen molar-refractivity contribution in [2.75, 3.05) is 16.8 Å². The van der Waals surface area contributed by atoms with Gasteiger partial charge < -0.3 is 15.0 Å². The van der Waals surface area contributed by atoms with Crippen LogP contribution < -0.4 is 15.0 Å². The van der Waals surface area contributed by atoms with Gasteiger partial charge in [-0.1, -0.05) is 24.3 Å². The number of rotatable bonds is 5. The minimum absolute atomic E-state index is 0.00344. The SMILES string of the molecule is O=C(Nc1ccccc1OC(F)F)[C@@H]1CC(=O)N(c2ccccc2F)C1. The number of benzene rings is 2. The van der Waals surface area contributed by atoms with Crippen molar-refractivity contribution in [3.05, 3.63) is 54.3 Å². The van der Waals surface area contributed by atoms with Crippen molar-refractivity contribution in [2.24, 2.45) is 5.92 Å². The largest absolute Gasteiger partial charge is 0.433 e. The predicted octanol–water partition coefficient (Wildman–Crippen LogP) is 3.42. The Morgan fingerprint density at radius 2 is 1.85 bits per heavy atom. The topological polar surface area (TPSA) is 58.6 Å². The fourth-order valence-corrected chi connectivity index (χ4v) is 2.79. The highest BCUT2D eigenvalue weighted by Crippen LogP contribution is 2.30. The Labute approximate surface area is 147 Å². The standard InChI is InChI=1S/C18H15F3N2O3/c19-12-5-1-3-7-14(12)23-10-11(9-16(23)24)17(25)22-13-6-2-4-8-15(13)26-18(20)21/h1-8,11,18H,9-10H2,(H,22,25)/t11-/m1/s1. The highest BCUT2D eigenvalue weighted by Gasteiger charge is 2.36. The van der Waals surface area contributed by atoms with Gasteiger partial charge in [0.15, 0.2) is 0 Å². The first-order chi connectivity index (χ1) is 12.5. The van der Waals surface area contributed by atoms with Gasteiger partial charge in [-0.05, 0) is 24.3 Å². The fourth-order valence-electron chi connectivity index (χ4n) is 2.79. The number of ether oxygens (including phenoxy) is 1. The number of anilines is 2. The molecule has 1 saturated heterocycles. The van der Waals surface area contributed by atoms with Crippen LogP contribution in [0, 0.1) is 11.7 Å². The normalized spacial score (nSPS) is 16.8. The van der Waals surface area contributed by atoms with Crippen LogP contribution in [-0.4, -0.2) is 25.0 Å². The number of para-hydroxylation sites is 3. The summed E-state index contributed by atoms with van der Waals surface area (Å²) < 4.78 is 43.1. The van der Waals surface area contributed by atoms with Crippen LogP contribution in [0.1, 0.15) is 6.42 Å². The van der Waals surface area contributed by atoms with E-state index in [1.165, 1.54) is 41.3 Å². The van der Waals surface area contributed by atoms with Crippen LogP contribution in [-0.2, 0) is 9.59 Å². The van der Waals surface area contributed by atoms with Gasteiger partial charge in [-0.3, -0.25) is 9.59 Å². The Balaban J connectivity index is 1.72. The zero-order chi connectivity index (χ0) is 18.7. The number of nitrogens with one attached hydrogen (secondary N) is 1. The van der Waals surface area contributed by atoms with Crippen LogP contribution >= 0.6 is 0 Å². The molecule has 2 amide bonds. The average Bonchev–Trinajstić information content (AvgIpc) is 2.98. The van der Waals surface area contributed by atoms with E-state index in [4.69, 9.17) is 0 Å². The second kappa shape index (κ2) is 7.47. The molecular formula is C18H15F3N2O3. The highest BCUT2D eigenvalue weighted by molar-refractivity contribution is 6.03. The molecule has 1 aliphatic heterocycles. The van der Waals surface area contributed by atoms with Gasteiger partial charge in [0.25, 0.3) is 0 Å². The molecule has 1 N–H and O–H groups in total. The Kier molecular flexibility index (Phi) is 5.11. The molecule has 2 aromatic rings. The highest BCUT2D eigenvalue weighted by atomic mass is 19.3. The van der Waals surface area contributed by atoms with E-state index in [1.807, 2.05) is 0 Å². The van der Waals surface area contributed by atoms with Crippen molar-refractivity contribution in [2.45, 2.75) is 13.0 Å². The van der Waals surface area contributed by atoms with Crippen LogP contribution in [0.4, 0.5) is 24.5 Å². The molecule has 0 bridgehead atoms. The monoisotopic (exact) mass is 364 g/mol. The summed E-state index contributed by atoms with van der Waals surface area (Å²) in [6.45, 7) is -3.03. The maximum absolute atomic E-state index is 13.9. The number of amides is 2. The summed E-state index contributed by atoms with van der Waals surface area (Å²) >= 11 is 0. The van der Waals surface area contributed by atoms with Gasteiger partial charge in [0.2, 0.25) is 11.8 Å². The number of carbonyl (C=O) groups excluding carboxylic acids is 2. The van der Waals surface area contributed by atoms with Gasteiger partial charge in [0.1, 0.15) is 11.6 Å². The average molecular weight is 364 g/mol. The lowest BCUT2D eigenvalue weighted by atomic mass is 10.1. The third-order valence-corrected chi connectivity index (χ3v) is 4.00. The summed E-state index contributed by atoms with van der Waals surface area (Å²) in [5, 5.41) is 2.50.